The third-order valence-corrected chi connectivity index (χ3v) is 5.14. The predicted molar refractivity (Wildman–Crippen MR) is 132 cm³/mol. The molecule has 38 heavy (non-hydrogen) atoms. The Morgan fingerprint density at radius 3 is 2.63 bits per heavy atom. The summed E-state index contributed by atoms with van der Waals surface area (Å²) in [7, 11) is 1.78. The van der Waals surface area contributed by atoms with E-state index in [0.29, 0.717) is 42.8 Å². The summed E-state index contributed by atoms with van der Waals surface area (Å²) in [6.07, 6.45) is 2.39. The van der Waals surface area contributed by atoms with Gasteiger partial charge in [0.05, 0.1) is 25.1 Å². The summed E-state index contributed by atoms with van der Waals surface area (Å²) in [5, 5.41) is 12.7. The first-order chi connectivity index (χ1) is 18.1. The molecule has 1 aromatic carbocycles. The molecule has 3 N–H and O–H groups in total. The number of aromatic nitrogens is 4. The average Bonchev–Trinajstić information content (AvgIpc) is 3.28. The maximum Gasteiger partial charge on any atom is 0.491 e. The van der Waals surface area contributed by atoms with Crippen LogP contribution in [0.15, 0.2) is 61.3 Å². The van der Waals surface area contributed by atoms with E-state index in [2.05, 4.69) is 42.3 Å². The van der Waals surface area contributed by atoms with Crippen molar-refractivity contribution in [3.8, 4) is 0 Å². The topological polar surface area (TPSA) is 132 Å². The highest BCUT2D eigenvalue weighted by molar-refractivity contribution is 6.03. The van der Waals surface area contributed by atoms with Gasteiger partial charge in [0.2, 0.25) is 5.95 Å². The summed E-state index contributed by atoms with van der Waals surface area (Å²) in [6, 6.07) is 6.33. The first kappa shape index (κ1) is 26.3. The third kappa shape index (κ3) is 6.73. The fourth-order valence-electron chi connectivity index (χ4n) is 3.39. The summed E-state index contributed by atoms with van der Waals surface area (Å²) in [5.41, 5.74) is 3.12. The minimum atomic E-state index is -5.26. The van der Waals surface area contributed by atoms with Crippen LogP contribution in [0.2, 0.25) is 0 Å². The number of rotatable bonds is 8. The number of alkyl halides is 3. The lowest BCUT2D eigenvalue weighted by Gasteiger charge is -2.18. The van der Waals surface area contributed by atoms with Gasteiger partial charge in [0.15, 0.2) is 5.76 Å². The minimum Gasteiger partial charge on any atom is -0.415 e. The Morgan fingerprint density at radius 1 is 1.16 bits per heavy atom. The Hall–Kier alpha value is -4.72. The lowest BCUT2D eigenvalue weighted by molar-refractivity contribution is -0.195. The van der Waals surface area contributed by atoms with Gasteiger partial charge in [0.1, 0.15) is 5.82 Å². The van der Waals surface area contributed by atoms with Crippen molar-refractivity contribution in [2.45, 2.75) is 12.6 Å². The number of halogens is 3. The minimum absolute atomic E-state index is 0.207. The van der Waals surface area contributed by atoms with Gasteiger partial charge >= 0.3 is 12.1 Å². The number of anilines is 5. The van der Waals surface area contributed by atoms with Gasteiger partial charge in [-0.05, 0) is 30.2 Å². The van der Waals surface area contributed by atoms with Crippen molar-refractivity contribution < 1.29 is 32.2 Å². The van der Waals surface area contributed by atoms with Gasteiger partial charge in [-0.3, -0.25) is 9.48 Å². The molecule has 3 aromatic rings. The van der Waals surface area contributed by atoms with Crippen LogP contribution in [-0.4, -0.2) is 51.0 Å². The molecule has 0 radical (unpaired) electrons. The lowest BCUT2D eigenvalue weighted by Crippen LogP contribution is -2.28. The fourth-order valence-corrected chi connectivity index (χ4v) is 3.39. The molecule has 14 heteroatoms. The Morgan fingerprint density at radius 2 is 1.95 bits per heavy atom. The van der Waals surface area contributed by atoms with Crippen molar-refractivity contribution in [3.63, 3.8) is 0 Å². The van der Waals surface area contributed by atoms with Gasteiger partial charge in [0.25, 0.3) is 5.91 Å². The molecular formula is C24H22F3N7O4. The molecule has 0 saturated heterocycles. The molecule has 0 unspecified atom stereocenters. The molecule has 1 amide bonds. The molecule has 0 fully saturated rings. The van der Waals surface area contributed by atoms with Gasteiger partial charge in [-0.2, -0.15) is 23.3 Å². The summed E-state index contributed by atoms with van der Waals surface area (Å²) in [4.78, 5) is 32.2. The lowest BCUT2D eigenvalue weighted by atomic mass is 10.0. The van der Waals surface area contributed by atoms with Crippen LogP contribution in [0, 0.1) is 0 Å². The summed E-state index contributed by atoms with van der Waals surface area (Å²) in [5.74, 6) is -3.88. The van der Waals surface area contributed by atoms with Gasteiger partial charge in [0, 0.05) is 36.4 Å². The van der Waals surface area contributed by atoms with Gasteiger partial charge < -0.3 is 25.4 Å². The number of ether oxygens (including phenoxy) is 2. The first-order valence-electron chi connectivity index (χ1n) is 11.1. The largest absolute Gasteiger partial charge is 0.491 e. The van der Waals surface area contributed by atoms with Crippen LogP contribution < -0.4 is 16.0 Å². The molecule has 198 valence electrons. The molecule has 4 rings (SSSR count). The zero-order valence-electron chi connectivity index (χ0n) is 20.0. The van der Waals surface area contributed by atoms with E-state index < -0.39 is 23.8 Å². The Kier molecular flexibility index (Phi) is 7.71. The number of carbonyl (C=O) groups is 2. The first-order valence-corrected chi connectivity index (χ1v) is 11.1. The standard InChI is InChI=1S/C24H22F3N7O4/c1-14(38-22(36)24(25,26)27)21(35)31-17-5-3-4-16(10-17)30-20-19(15-6-8-37-9-7-15)12-28-23(33-20)32-18-11-29-34(2)13-18/h3-6,10-13H,1,7-9H2,2H3,(H,31,35)(H2,28,30,32,33). The number of hydrogen-bond donors (Lipinski definition) is 3. The highest BCUT2D eigenvalue weighted by atomic mass is 19.4. The van der Waals surface area contributed by atoms with E-state index >= 15 is 0 Å². The SMILES string of the molecule is C=C(OC(=O)C(F)(F)F)C(=O)Nc1cccc(Nc2nc(Nc3cnn(C)c3)ncc2C2=CCOCC2)c1. The van der Waals surface area contributed by atoms with E-state index in [0.717, 1.165) is 11.1 Å². The van der Waals surface area contributed by atoms with E-state index in [1.165, 1.54) is 12.1 Å². The highest BCUT2D eigenvalue weighted by Gasteiger charge is 2.42. The number of amides is 1. The zero-order chi connectivity index (χ0) is 27.3. The van der Waals surface area contributed by atoms with Crippen LogP contribution in [0.5, 0.6) is 0 Å². The van der Waals surface area contributed by atoms with Crippen LogP contribution in [0.25, 0.3) is 5.57 Å². The molecule has 0 aliphatic carbocycles. The van der Waals surface area contributed by atoms with Crippen LogP contribution in [0.1, 0.15) is 12.0 Å². The number of nitrogens with one attached hydrogen (secondary N) is 3. The molecule has 1 aliphatic heterocycles. The second-order valence-electron chi connectivity index (χ2n) is 8.01. The molecule has 11 nitrogen and oxygen atoms in total. The van der Waals surface area contributed by atoms with Crippen molar-refractivity contribution in [2.75, 3.05) is 29.2 Å². The summed E-state index contributed by atoms with van der Waals surface area (Å²) < 4.78 is 48.2. The second-order valence-corrected chi connectivity index (χ2v) is 8.01. The molecule has 0 spiro atoms. The predicted octanol–water partition coefficient (Wildman–Crippen LogP) is 4.06. The normalized spacial score (nSPS) is 13.3. The monoisotopic (exact) mass is 529 g/mol. The molecule has 0 atom stereocenters. The fraction of sp³-hybridized carbons (Fsp3) is 0.208. The smallest absolute Gasteiger partial charge is 0.415 e. The van der Waals surface area contributed by atoms with Crippen molar-refractivity contribution >= 4 is 46.3 Å². The number of benzene rings is 1. The molecule has 1 aliphatic rings. The van der Waals surface area contributed by atoms with Crippen molar-refractivity contribution in [1.29, 1.82) is 0 Å². The van der Waals surface area contributed by atoms with E-state index in [9.17, 15) is 22.8 Å². The molecule has 0 bridgehead atoms. The van der Waals surface area contributed by atoms with Crippen molar-refractivity contribution in [1.82, 2.24) is 19.7 Å². The molecule has 2 aromatic heterocycles. The van der Waals surface area contributed by atoms with Crippen LogP contribution >= 0.6 is 0 Å². The van der Waals surface area contributed by atoms with E-state index in [1.54, 1.807) is 42.5 Å². The number of carbonyl (C=O) groups excluding carboxylic acids is 2. The highest BCUT2D eigenvalue weighted by Crippen LogP contribution is 2.30. The number of esters is 1. The van der Waals surface area contributed by atoms with E-state index in [1.807, 2.05) is 6.08 Å². The maximum absolute atomic E-state index is 12.4. The number of hydrogen-bond acceptors (Lipinski definition) is 9. The number of nitrogens with zero attached hydrogens (tertiary/aromatic N) is 4. The van der Waals surface area contributed by atoms with Crippen LogP contribution in [0.4, 0.5) is 42.0 Å². The zero-order valence-corrected chi connectivity index (χ0v) is 20.0. The van der Waals surface area contributed by atoms with Gasteiger partial charge in [-0.1, -0.05) is 18.7 Å². The molecule has 3 heterocycles. The van der Waals surface area contributed by atoms with Crippen LogP contribution in [-0.2, 0) is 26.1 Å². The summed E-state index contributed by atoms with van der Waals surface area (Å²) >= 11 is 0. The Labute approximate surface area is 214 Å². The van der Waals surface area contributed by atoms with Gasteiger partial charge in [-0.25, -0.2) is 9.78 Å². The average molecular weight is 529 g/mol. The van der Waals surface area contributed by atoms with E-state index in [-0.39, 0.29) is 5.69 Å². The quantitative estimate of drug-likeness (QED) is 0.225. The second kappa shape index (κ2) is 11.1. The van der Waals surface area contributed by atoms with Gasteiger partial charge in [-0.15, -0.1) is 0 Å². The maximum atomic E-state index is 12.4. The van der Waals surface area contributed by atoms with Crippen LogP contribution in [0.3, 0.4) is 0 Å². The Balaban J connectivity index is 1.54. The summed E-state index contributed by atoms with van der Waals surface area (Å²) in [6.45, 7) is 4.09. The van der Waals surface area contributed by atoms with Crippen molar-refractivity contribution in [2.24, 2.45) is 7.05 Å². The molecule has 0 saturated carbocycles. The molecular weight excluding hydrogens is 507 g/mol. The number of aryl methyl sites for hydroxylation is 1. The van der Waals surface area contributed by atoms with Crippen molar-refractivity contribution in [3.05, 3.63) is 66.8 Å². The third-order valence-electron chi connectivity index (χ3n) is 5.14. The van der Waals surface area contributed by atoms with E-state index in [4.69, 9.17) is 4.74 Å². The Bertz CT molecular complexity index is 1400.